The topological polar surface area (TPSA) is 78.3 Å². The number of nitrogens with two attached hydrogens (primary N) is 2. The smallest absolute Gasteiger partial charge is 0.248 e. The van der Waals surface area contributed by atoms with Gasteiger partial charge in [0.15, 0.2) is 0 Å². The van der Waals surface area contributed by atoms with E-state index in [0.717, 1.165) is 6.42 Å². The van der Waals surface area contributed by atoms with Gasteiger partial charge < -0.3 is 16.2 Å². The molecule has 0 saturated heterocycles. The molecule has 1 atom stereocenters. The van der Waals surface area contributed by atoms with Gasteiger partial charge in [0.05, 0.1) is 11.8 Å². The molecule has 0 saturated carbocycles. The standard InChI is InChI=1S/C13H20N2O2/c1-8(2)6-9(3)17-12-5-4-10(13(15)16)7-11(12)14/h4-5,7-9H,6,14H2,1-3H3,(H2,15,16). The zero-order valence-corrected chi connectivity index (χ0v) is 10.6. The van der Waals surface area contributed by atoms with Gasteiger partial charge in [-0.25, -0.2) is 0 Å². The molecule has 1 amide bonds. The van der Waals surface area contributed by atoms with E-state index in [4.69, 9.17) is 16.2 Å². The van der Waals surface area contributed by atoms with Gasteiger partial charge in [-0.2, -0.15) is 0 Å². The Balaban J connectivity index is 2.75. The van der Waals surface area contributed by atoms with Crippen LogP contribution in [0.3, 0.4) is 0 Å². The first-order valence-corrected chi connectivity index (χ1v) is 5.76. The van der Waals surface area contributed by atoms with E-state index < -0.39 is 5.91 Å². The van der Waals surface area contributed by atoms with Gasteiger partial charge in [-0.15, -0.1) is 0 Å². The maximum atomic E-state index is 11.0. The Labute approximate surface area is 102 Å². The van der Waals surface area contributed by atoms with Crippen LogP contribution in [0.2, 0.25) is 0 Å². The van der Waals surface area contributed by atoms with E-state index in [1.165, 1.54) is 0 Å². The van der Waals surface area contributed by atoms with Crippen LogP contribution in [0.15, 0.2) is 18.2 Å². The maximum absolute atomic E-state index is 11.0. The molecule has 4 heteroatoms. The molecule has 0 aliphatic heterocycles. The molecule has 0 heterocycles. The summed E-state index contributed by atoms with van der Waals surface area (Å²) in [5.41, 5.74) is 11.8. The van der Waals surface area contributed by atoms with Gasteiger partial charge in [0.2, 0.25) is 5.91 Å². The third-order valence-corrected chi connectivity index (χ3v) is 2.43. The summed E-state index contributed by atoms with van der Waals surface area (Å²) in [7, 11) is 0. The zero-order valence-electron chi connectivity index (χ0n) is 10.6. The molecule has 1 unspecified atom stereocenters. The molecule has 1 rings (SSSR count). The summed E-state index contributed by atoms with van der Waals surface area (Å²) in [4.78, 5) is 11.0. The molecule has 17 heavy (non-hydrogen) atoms. The Morgan fingerprint density at radius 2 is 2.00 bits per heavy atom. The van der Waals surface area contributed by atoms with Crippen LogP contribution in [-0.2, 0) is 0 Å². The highest BCUT2D eigenvalue weighted by Gasteiger charge is 2.10. The molecule has 0 bridgehead atoms. The van der Waals surface area contributed by atoms with Crippen molar-refractivity contribution in [3.05, 3.63) is 23.8 Å². The number of primary amides is 1. The number of hydrogen-bond donors (Lipinski definition) is 2. The average molecular weight is 236 g/mol. The predicted octanol–water partition coefficient (Wildman–Crippen LogP) is 2.18. The largest absolute Gasteiger partial charge is 0.489 e. The van der Waals surface area contributed by atoms with Crippen LogP contribution >= 0.6 is 0 Å². The summed E-state index contributed by atoms with van der Waals surface area (Å²) in [5.74, 6) is 0.678. The van der Waals surface area contributed by atoms with Crippen molar-refractivity contribution in [1.82, 2.24) is 0 Å². The second kappa shape index (κ2) is 5.57. The second-order valence-corrected chi connectivity index (χ2v) is 4.67. The number of rotatable bonds is 5. The summed E-state index contributed by atoms with van der Waals surface area (Å²) in [6.07, 6.45) is 1.05. The SMILES string of the molecule is CC(C)CC(C)Oc1ccc(C(N)=O)cc1N. The lowest BCUT2D eigenvalue weighted by molar-refractivity contribution is 0.100. The minimum Gasteiger partial charge on any atom is -0.489 e. The van der Waals surface area contributed by atoms with Gasteiger partial charge in [-0.3, -0.25) is 4.79 Å². The lowest BCUT2D eigenvalue weighted by Crippen LogP contribution is -2.16. The molecule has 94 valence electrons. The summed E-state index contributed by atoms with van der Waals surface area (Å²) in [5, 5.41) is 0. The van der Waals surface area contributed by atoms with E-state index in [2.05, 4.69) is 13.8 Å². The van der Waals surface area contributed by atoms with Crippen molar-refractivity contribution < 1.29 is 9.53 Å². The average Bonchev–Trinajstić information content (AvgIpc) is 2.19. The van der Waals surface area contributed by atoms with Crippen molar-refractivity contribution in [2.24, 2.45) is 11.7 Å². The van der Waals surface area contributed by atoms with Crippen LogP contribution in [0.1, 0.15) is 37.6 Å². The number of amides is 1. The summed E-state index contributed by atoms with van der Waals surface area (Å²) in [6.45, 7) is 6.28. The maximum Gasteiger partial charge on any atom is 0.248 e. The molecule has 0 aromatic heterocycles. The first-order chi connectivity index (χ1) is 7.90. The first-order valence-electron chi connectivity index (χ1n) is 5.76. The van der Waals surface area contributed by atoms with Crippen LogP contribution in [0, 0.1) is 5.92 Å². The Hall–Kier alpha value is -1.71. The van der Waals surface area contributed by atoms with Crippen LogP contribution in [0.5, 0.6) is 5.75 Å². The van der Waals surface area contributed by atoms with Crippen molar-refractivity contribution >= 4 is 11.6 Å². The predicted molar refractivity (Wildman–Crippen MR) is 68.9 cm³/mol. The van der Waals surface area contributed by atoms with Crippen molar-refractivity contribution in [3.63, 3.8) is 0 Å². The quantitative estimate of drug-likeness (QED) is 0.769. The minimum absolute atomic E-state index is 0.0942. The zero-order chi connectivity index (χ0) is 13.0. The lowest BCUT2D eigenvalue weighted by Gasteiger charge is -2.18. The summed E-state index contributed by atoms with van der Waals surface area (Å²) < 4.78 is 5.71. The van der Waals surface area contributed by atoms with E-state index in [1.807, 2.05) is 6.92 Å². The second-order valence-electron chi connectivity index (χ2n) is 4.67. The molecule has 0 radical (unpaired) electrons. The fourth-order valence-corrected chi connectivity index (χ4v) is 1.74. The number of carbonyl (C=O) groups is 1. The first kappa shape index (κ1) is 13.4. The van der Waals surface area contributed by atoms with Gasteiger partial charge >= 0.3 is 0 Å². The number of ether oxygens (including phenoxy) is 1. The van der Waals surface area contributed by atoms with Crippen molar-refractivity contribution in [2.75, 3.05) is 5.73 Å². The monoisotopic (exact) mass is 236 g/mol. The van der Waals surface area contributed by atoms with Crippen molar-refractivity contribution in [3.8, 4) is 5.75 Å². The minimum atomic E-state index is -0.488. The number of anilines is 1. The molecule has 0 spiro atoms. The van der Waals surface area contributed by atoms with E-state index in [1.54, 1.807) is 18.2 Å². The summed E-state index contributed by atoms with van der Waals surface area (Å²) >= 11 is 0. The number of carbonyl (C=O) groups excluding carboxylic acids is 1. The highest BCUT2D eigenvalue weighted by Crippen LogP contribution is 2.24. The Kier molecular flexibility index (Phi) is 4.37. The van der Waals surface area contributed by atoms with Gasteiger partial charge in [-0.1, -0.05) is 13.8 Å². The van der Waals surface area contributed by atoms with Crippen molar-refractivity contribution in [1.29, 1.82) is 0 Å². The fraction of sp³-hybridized carbons (Fsp3) is 0.462. The molecular formula is C13H20N2O2. The third-order valence-electron chi connectivity index (χ3n) is 2.43. The van der Waals surface area contributed by atoms with E-state index in [-0.39, 0.29) is 6.10 Å². The van der Waals surface area contributed by atoms with Gasteiger partial charge in [-0.05, 0) is 37.5 Å². The summed E-state index contributed by atoms with van der Waals surface area (Å²) in [6, 6.07) is 4.85. The Morgan fingerprint density at radius 1 is 1.35 bits per heavy atom. The van der Waals surface area contributed by atoms with E-state index in [9.17, 15) is 4.79 Å². The molecule has 1 aromatic carbocycles. The molecule has 0 aliphatic carbocycles. The highest BCUT2D eigenvalue weighted by molar-refractivity contribution is 5.94. The van der Waals surface area contributed by atoms with Crippen LogP contribution < -0.4 is 16.2 Å². The van der Waals surface area contributed by atoms with Crippen LogP contribution in [0.4, 0.5) is 5.69 Å². The van der Waals surface area contributed by atoms with Crippen LogP contribution in [-0.4, -0.2) is 12.0 Å². The molecule has 4 nitrogen and oxygen atoms in total. The molecule has 0 fully saturated rings. The van der Waals surface area contributed by atoms with Gasteiger partial charge in [0.1, 0.15) is 5.75 Å². The molecule has 4 N–H and O–H groups in total. The molecular weight excluding hydrogens is 216 g/mol. The van der Waals surface area contributed by atoms with Gasteiger partial charge in [0, 0.05) is 5.56 Å². The number of benzene rings is 1. The number of nitrogen functional groups attached to an aromatic ring is 1. The van der Waals surface area contributed by atoms with Crippen molar-refractivity contribution in [2.45, 2.75) is 33.3 Å². The molecule has 1 aromatic rings. The normalized spacial score (nSPS) is 12.5. The van der Waals surface area contributed by atoms with Gasteiger partial charge in [0.25, 0.3) is 0 Å². The number of hydrogen-bond acceptors (Lipinski definition) is 3. The lowest BCUT2D eigenvalue weighted by atomic mass is 10.1. The van der Waals surface area contributed by atoms with E-state index in [0.29, 0.717) is 22.9 Å². The third kappa shape index (κ3) is 3.98. The Bertz CT molecular complexity index is 402. The Morgan fingerprint density at radius 3 is 2.47 bits per heavy atom. The highest BCUT2D eigenvalue weighted by atomic mass is 16.5. The van der Waals surface area contributed by atoms with Crippen LogP contribution in [0.25, 0.3) is 0 Å². The van der Waals surface area contributed by atoms with E-state index >= 15 is 0 Å². The fourth-order valence-electron chi connectivity index (χ4n) is 1.74. The molecule has 0 aliphatic rings.